The number of hydrogen-bond donors (Lipinski definition) is 0. The van der Waals surface area contributed by atoms with E-state index in [9.17, 15) is 4.21 Å². The summed E-state index contributed by atoms with van der Waals surface area (Å²) in [5, 5.41) is 8.56. The maximum Gasteiger partial charge on any atom is 0.0634 e. The molecule has 15 heavy (non-hydrogen) atoms. The molecule has 2 unspecified atom stereocenters. The van der Waals surface area contributed by atoms with Crippen molar-refractivity contribution in [2.24, 2.45) is 0 Å². The topological polar surface area (TPSA) is 40.9 Å². The SMILES string of the molecule is CCC(CC#N)S(=O)c1cccc(Br)c1. The van der Waals surface area contributed by atoms with Gasteiger partial charge in [0.25, 0.3) is 0 Å². The molecule has 4 heteroatoms. The predicted octanol–water partition coefficient (Wildman–Crippen LogP) is 3.25. The van der Waals surface area contributed by atoms with Crippen LogP contribution < -0.4 is 0 Å². The van der Waals surface area contributed by atoms with Crippen LogP contribution in [0.4, 0.5) is 0 Å². The van der Waals surface area contributed by atoms with E-state index in [2.05, 4.69) is 22.0 Å². The summed E-state index contributed by atoms with van der Waals surface area (Å²) < 4.78 is 13.0. The molecule has 0 aliphatic rings. The number of halogens is 1. The van der Waals surface area contributed by atoms with E-state index in [1.54, 1.807) is 0 Å². The Morgan fingerprint density at radius 2 is 2.33 bits per heavy atom. The molecule has 2 nitrogen and oxygen atoms in total. The third kappa shape index (κ3) is 3.44. The van der Waals surface area contributed by atoms with Gasteiger partial charge in [0.1, 0.15) is 0 Å². The minimum Gasteiger partial charge on any atom is -0.254 e. The number of hydrogen-bond acceptors (Lipinski definition) is 2. The molecule has 0 heterocycles. The lowest BCUT2D eigenvalue weighted by molar-refractivity contribution is 0.664. The monoisotopic (exact) mass is 285 g/mol. The van der Waals surface area contributed by atoms with Gasteiger partial charge in [-0.1, -0.05) is 28.9 Å². The number of nitriles is 1. The van der Waals surface area contributed by atoms with Crippen molar-refractivity contribution in [3.05, 3.63) is 28.7 Å². The molecule has 80 valence electrons. The zero-order valence-electron chi connectivity index (χ0n) is 8.44. The van der Waals surface area contributed by atoms with Crippen LogP contribution in [0.5, 0.6) is 0 Å². The molecule has 1 rings (SSSR count). The molecule has 0 fully saturated rings. The first-order valence-electron chi connectivity index (χ1n) is 4.72. The normalized spacial score (nSPS) is 14.2. The summed E-state index contributed by atoms with van der Waals surface area (Å²) in [5.74, 6) is 0. The fraction of sp³-hybridized carbons (Fsp3) is 0.364. The minimum absolute atomic E-state index is 0.0655. The molecule has 0 saturated heterocycles. The lowest BCUT2D eigenvalue weighted by Gasteiger charge is -2.10. The van der Waals surface area contributed by atoms with Gasteiger partial charge in [0.15, 0.2) is 0 Å². The molecule has 0 amide bonds. The van der Waals surface area contributed by atoms with Gasteiger partial charge in [-0.25, -0.2) is 0 Å². The molecule has 0 aromatic heterocycles. The highest BCUT2D eigenvalue weighted by Crippen LogP contribution is 2.19. The van der Waals surface area contributed by atoms with Crippen LogP contribution in [0, 0.1) is 11.3 Å². The first kappa shape index (κ1) is 12.4. The number of benzene rings is 1. The second kappa shape index (κ2) is 6.04. The van der Waals surface area contributed by atoms with Crippen molar-refractivity contribution in [1.29, 1.82) is 5.26 Å². The first-order chi connectivity index (χ1) is 7.19. The molecular weight excluding hydrogens is 274 g/mol. The molecule has 0 N–H and O–H groups in total. The summed E-state index contributed by atoms with van der Waals surface area (Å²) in [7, 11) is -1.08. The zero-order chi connectivity index (χ0) is 11.3. The molecule has 0 aliphatic carbocycles. The number of nitrogens with zero attached hydrogens (tertiary/aromatic N) is 1. The maximum atomic E-state index is 12.1. The third-order valence-corrected chi connectivity index (χ3v) is 4.42. The van der Waals surface area contributed by atoms with Crippen LogP contribution in [0.25, 0.3) is 0 Å². The van der Waals surface area contributed by atoms with E-state index in [0.29, 0.717) is 6.42 Å². The highest BCUT2D eigenvalue weighted by Gasteiger charge is 2.16. The summed E-state index contributed by atoms with van der Waals surface area (Å²) in [5.41, 5.74) is 0. The van der Waals surface area contributed by atoms with E-state index in [-0.39, 0.29) is 5.25 Å². The summed E-state index contributed by atoms with van der Waals surface area (Å²) in [4.78, 5) is 0.784. The van der Waals surface area contributed by atoms with Crippen molar-refractivity contribution in [3.8, 4) is 6.07 Å². The number of rotatable bonds is 4. The van der Waals surface area contributed by atoms with Crippen molar-refractivity contribution in [2.45, 2.75) is 29.9 Å². The average molecular weight is 286 g/mol. The molecule has 0 bridgehead atoms. The highest BCUT2D eigenvalue weighted by molar-refractivity contribution is 9.10. The Bertz CT molecular complexity index is 400. The fourth-order valence-electron chi connectivity index (χ4n) is 1.26. The summed E-state index contributed by atoms with van der Waals surface area (Å²) >= 11 is 3.34. The van der Waals surface area contributed by atoms with Crippen molar-refractivity contribution in [3.63, 3.8) is 0 Å². The molecular formula is C11H12BrNOS. The molecule has 0 aliphatic heterocycles. The van der Waals surface area contributed by atoms with Crippen molar-refractivity contribution < 1.29 is 4.21 Å². The lowest BCUT2D eigenvalue weighted by atomic mass is 10.3. The molecule has 0 radical (unpaired) electrons. The van der Waals surface area contributed by atoms with Crippen molar-refractivity contribution in [2.75, 3.05) is 0 Å². The zero-order valence-corrected chi connectivity index (χ0v) is 10.8. The molecule has 2 atom stereocenters. The fourth-order valence-corrected chi connectivity index (χ4v) is 3.18. The van der Waals surface area contributed by atoms with E-state index in [1.807, 2.05) is 31.2 Å². The molecule has 0 saturated carbocycles. The van der Waals surface area contributed by atoms with Gasteiger partial charge in [-0.05, 0) is 24.6 Å². The van der Waals surface area contributed by atoms with Crippen LogP contribution in [0.3, 0.4) is 0 Å². The maximum absolute atomic E-state index is 12.1. The molecule has 0 spiro atoms. The van der Waals surface area contributed by atoms with Gasteiger partial charge in [-0.3, -0.25) is 4.21 Å². The van der Waals surface area contributed by atoms with Crippen LogP contribution in [-0.2, 0) is 10.8 Å². The van der Waals surface area contributed by atoms with E-state index < -0.39 is 10.8 Å². The first-order valence-corrected chi connectivity index (χ1v) is 6.72. The van der Waals surface area contributed by atoms with Crippen LogP contribution in [0.1, 0.15) is 19.8 Å². The van der Waals surface area contributed by atoms with Gasteiger partial charge in [0.2, 0.25) is 0 Å². The minimum atomic E-state index is -1.08. The second-order valence-corrected chi connectivity index (χ2v) is 5.80. The lowest BCUT2D eigenvalue weighted by Crippen LogP contribution is -2.13. The van der Waals surface area contributed by atoms with Gasteiger partial charge >= 0.3 is 0 Å². The predicted molar refractivity (Wildman–Crippen MR) is 64.9 cm³/mol. The molecule has 1 aromatic rings. The Labute approximate surface area is 101 Å². The smallest absolute Gasteiger partial charge is 0.0634 e. The van der Waals surface area contributed by atoms with E-state index >= 15 is 0 Å². The van der Waals surface area contributed by atoms with Gasteiger partial charge in [0.05, 0.1) is 22.1 Å². The Balaban J connectivity index is 2.88. The largest absolute Gasteiger partial charge is 0.254 e. The van der Waals surface area contributed by atoms with Gasteiger partial charge < -0.3 is 0 Å². The van der Waals surface area contributed by atoms with E-state index in [0.717, 1.165) is 15.8 Å². The van der Waals surface area contributed by atoms with E-state index in [4.69, 9.17) is 5.26 Å². The Morgan fingerprint density at radius 3 is 2.87 bits per heavy atom. The quantitative estimate of drug-likeness (QED) is 0.852. The Kier molecular flexibility index (Phi) is 5.00. The van der Waals surface area contributed by atoms with Crippen LogP contribution in [0.15, 0.2) is 33.6 Å². The van der Waals surface area contributed by atoms with Crippen molar-refractivity contribution in [1.82, 2.24) is 0 Å². The Hall–Kier alpha value is -0.660. The van der Waals surface area contributed by atoms with E-state index in [1.165, 1.54) is 0 Å². The third-order valence-electron chi connectivity index (χ3n) is 2.11. The summed E-state index contributed by atoms with van der Waals surface area (Å²) in [6.45, 7) is 1.96. The van der Waals surface area contributed by atoms with Crippen LogP contribution in [0.2, 0.25) is 0 Å². The standard InChI is InChI=1S/C11H12BrNOS/c1-2-10(6-7-13)15(14)11-5-3-4-9(12)8-11/h3-5,8,10H,2,6H2,1H3. The second-order valence-electron chi connectivity index (χ2n) is 3.15. The van der Waals surface area contributed by atoms with Gasteiger partial charge in [0, 0.05) is 15.8 Å². The molecule has 1 aromatic carbocycles. The summed E-state index contributed by atoms with van der Waals surface area (Å²) in [6, 6.07) is 9.51. The van der Waals surface area contributed by atoms with Crippen molar-refractivity contribution >= 4 is 26.7 Å². The van der Waals surface area contributed by atoms with Crippen LogP contribution >= 0.6 is 15.9 Å². The van der Waals surface area contributed by atoms with Gasteiger partial charge in [-0.2, -0.15) is 5.26 Å². The average Bonchev–Trinajstić information content (AvgIpc) is 2.25. The van der Waals surface area contributed by atoms with Crippen LogP contribution in [-0.4, -0.2) is 9.46 Å². The highest BCUT2D eigenvalue weighted by atomic mass is 79.9. The van der Waals surface area contributed by atoms with Gasteiger partial charge in [-0.15, -0.1) is 0 Å². The Morgan fingerprint density at radius 1 is 1.60 bits per heavy atom. The summed E-state index contributed by atoms with van der Waals surface area (Å²) in [6.07, 6.45) is 1.10.